The molecule has 1 saturated heterocycles. The van der Waals surface area contributed by atoms with Crippen molar-refractivity contribution < 1.29 is 9.59 Å². The molecule has 17 heavy (non-hydrogen) atoms. The summed E-state index contributed by atoms with van der Waals surface area (Å²) in [5.74, 6) is 0.291. The van der Waals surface area contributed by atoms with Gasteiger partial charge in [0, 0.05) is 43.4 Å². The van der Waals surface area contributed by atoms with Gasteiger partial charge in [-0.25, -0.2) is 0 Å². The molecular formula is C13H16N2O2. The summed E-state index contributed by atoms with van der Waals surface area (Å²) in [6.45, 7) is 3.08. The van der Waals surface area contributed by atoms with Gasteiger partial charge in [0.05, 0.1) is 0 Å². The lowest BCUT2D eigenvalue weighted by Crippen LogP contribution is -2.43. The van der Waals surface area contributed by atoms with Crippen LogP contribution in [0.15, 0.2) is 24.5 Å². The third kappa shape index (κ3) is 2.52. The van der Waals surface area contributed by atoms with E-state index >= 15 is 0 Å². The number of likely N-dealkylation sites (tertiary alicyclic amines) is 1. The molecule has 1 unspecified atom stereocenters. The number of amides is 1. The molecule has 1 fully saturated rings. The minimum absolute atomic E-state index is 0.00153. The summed E-state index contributed by atoms with van der Waals surface area (Å²) in [5.41, 5.74) is 0.643. The lowest BCUT2D eigenvalue weighted by molar-refractivity contribution is -0.125. The number of carbonyl (C=O) groups excluding carboxylic acids is 2. The fourth-order valence-corrected chi connectivity index (χ4v) is 2.13. The van der Waals surface area contributed by atoms with Crippen LogP contribution in [0.1, 0.15) is 30.1 Å². The molecule has 0 aliphatic carbocycles. The number of pyridine rings is 1. The highest BCUT2D eigenvalue weighted by molar-refractivity contribution is 5.95. The van der Waals surface area contributed by atoms with Gasteiger partial charge in [-0.05, 0) is 18.6 Å². The minimum Gasteiger partial charge on any atom is -0.337 e. The normalized spacial score (nSPS) is 20.4. The first kappa shape index (κ1) is 11.8. The lowest BCUT2D eigenvalue weighted by atomic mass is 9.94. The molecule has 1 amide bonds. The molecule has 2 heterocycles. The Labute approximate surface area is 101 Å². The quantitative estimate of drug-likeness (QED) is 0.776. The monoisotopic (exact) mass is 232 g/mol. The number of Topliss-reactive ketones (excluding diaryl/α,β-unsaturated/α-hetero) is 1. The first-order valence-electron chi connectivity index (χ1n) is 5.94. The van der Waals surface area contributed by atoms with Gasteiger partial charge in [-0.15, -0.1) is 0 Å². The number of carbonyl (C=O) groups is 2. The Bertz CT molecular complexity index is 417. The van der Waals surface area contributed by atoms with Crippen LogP contribution in [0.25, 0.3) is 0 Å². The van der Waals surface area contributed by atoms with Crippen LogP contribution in [0.5, 0.6) is 0 Å². The van der Waals surface area contributed by atoms with E-state index in [1.165, 1.54) is 0 Å². The largest absolute Gasteiger partial charge is 0.337 e. The molecule has 0 saturated carbocycles. The number of hydrogen-bond donors (Lipinski definition) is 0. The topological polar surface area (TPSA) is 50.3 Å². The predicted molar refractivity (Wildman–Crippen MR) is 63.5 cm³/mol. The highest BCUT2D eigenvalue weighted by Crippen LogP contribution is 2.17. The van der Waals surface area contributed by atoms with Crippen LogP contribution in [0.3, 0.4) is 0 Å². The molecule has 1 aliphatic rings. The maximum absolute atomic E-state index is 12.2. The standard InChI is InChI=1S/C13H16N2O2/c1-2-10-9-15(8-5-12(10)16)13(17)11-3-6-14-7-4-11/h3-4,6-7,10H,2,5,8-9H2,1H3. The van der Waals surface area contributed by atoms with Crippen LogP contribution in [-0.4, -0.2) is 34.7 Å². The zero-order chi connectivity index (χ0) is 12.3. The fraction of sp³-hybridized carbons (Fsp3) is 0.462. The molecule has 4 heteroatoms. The zero-order valence-electron chi connectivity index (χ0n) is 9.93. The third-order valence-electron chi connectivity index (χ3n) is 3.23. The second-order valence-electron chi connectivity index (χ2n) is 4.31. The second-order valence-corrected chi connectivity index (χ2v) is 4.31. The molecule has 0 N–H and O–H groups in total. The van der Waals surface area contributed by atoms with Crippen molar-refractivity contribution in [1.29, 1.82) is 0 Å². The van der Waals surface area contributed by atoms with E-state index in [-0.39, 0.29) is 17.6 Å². The van der Waals surface area contributed by atoms with Crippen molar-refractivity contribution in [2.24, 2.45) is 5.92 Å². The average Bonchev–Trinajstić information content (AvgIpc) is 2.39. The molecular weight excluding hydrogens is 216 g/mol. The first-order valence-corrected chi connectivity index (χ1v) is 5.94. The van der Waals surface area contributed by atoms with E-state index in [0.29, 0.717) is 25.1 Å². The summed E-state index contributed by atoms with van der Waals surface area (Å²) in [5, 5.41) is 0. The maximum atomic E-state index is 12.2. The molecule has 1 aliphatic heterocycles. The number of hydrogen-bond acceptors (Lipinski definition) is 3. The Kier molecular flexibility index (Phi) is 3.52. The van der Waals surface area contributed by atoms with E-state index in [1.54, 1.807) is 29.4 Å². The Morgan fingerprint density at radius 1 is 1.47 bits per heavy atom. The fourth-order valence-electron chi connectivity index (χ4n) is 2.13. The van der Waals surface area contributed by atoms with Crippen LogP contribution < -0.4 is 0 Å². The average molecular weight is 232 g/mol. The van der Waals surface area contributed by atoms with Crippen molar-refractivity contribution >= 4 is 11.7 Å². The highest BCUT2D eigenvalue weighted by atomic mass is 16.2. The molecule has 0 aromatic carbocycles. The lowest BCUT2D eigenvalue weighted by Gasteiger charge is -2.31. The van der Waals surface area contributed by atoms with Crippen molar-refractivity contribution in [3.63, 3.8) is 0 Å². The molecule has 4 nitrogen and oxygen atoms in total. The van der Waals surface area contributed by atoms with E-state index in [9.17, 15) is 9.59 Å². The SMILES string of the molecule is CCC1CN(C(=O)c2ccncc2)CCC1=O. The van der Waals surface area contributed by atoms with E-state index in [4.69, 9.17) is 0 Å². The zero-order valence-corrected chi connectivity index (χ0v) is 9.93. The highest BCUT2D eigenvalue weighted by Gasteiger charge is 2.28. The van der Waals surface area contributed by atoms with Gasteiger partial charge in [0.15, 0.2) is 0 Å². The summed E-state index contributed by atoms with van der Waals surface area (Å²) >= 11 is 0. The Morgan fingerprint density at radius 2 is 2.18 bits per heavy atom. The summed E-state index contributed by atoms with van der Waals surface area (Å²) < 4.78 is 0. The molecule has 0 bridgehead atoms. The van der Waals surface area contributed by atoms with Gasteiger partial charge >= 0.3 is 0 Å². The van der Waals surface area contributed by atoms with Gasteiger partial charge < -0.3 is 4.90 Å². The molecule has 90 valence electrons. The van der Waals surface area contributed by atoms with Crippen LogP contribution in [0.2, 0.25) is 0 Å². The number of ketones is 1. The molecule has 0 radical (unpaired) electrons. The van der Waals surface area contributed by atoms with Crippen molar-refractivity contribution in [3.8, 4) is 0 Å². The van der Waals surface area contributed by atoms with Gasteiger partial charge in [-0.1, -0.05) is 6.92 Å². The molecule has 1 aromatic heterocycles. The first-order chi connectivity index (χ1) is 8.22. The van der Waals surface area contributed by atoms with Gasteiger partial charge in [0.25, 0.3) is 5.91 Å². The molecule has 2 rings (SSSR count). The molecule has 1 atom stereocenters. The third-order valence-corrected chi connectivity index (χ3v) is 3.23. The second kappa shape index (κ2) is 5.08. The van der Waals surface area contributed by atoms with Crippen molar-refractivity contribution in [3.05, 3.63) is 30.1 Å². The summed E-state index contributed by atoms with van der Waals surface area (Å²) in [6, 6.07) is 3.42. The van der Waals surface area contributed by atoms with Gasteiger partial charge in [0.2, 0.25) is 0 Å². The van der Waals surface area contributed by atoms with E-state index in [0.717, 1.165) is 6.42 Å². The molecule has 0 spiro atoms. The Morgan fingerprint density at radius 3 is 2.82 bits per heavy atom. The number of nitrogens with zero attached hydrogens (tertiary/aromatic N) is 2. The maximum Gasteiger partial charge on any atom is 0.253 e. The van der Waals surface area contributed by atoms with Gasteiger partial charge in [-0.2, -0.15) is 0 Å². The summed E-state index contributed by atoms with van der Waals surface area (Å²) in [7, 11) is 0. The number of piperidine rings is 1. The summed E-state index contributed by atoms with van der Waals surface area (Å²) in [4.78, 5) is 29.4. The Balaban J connectivity index is 2.09. The van der Waals surface area contributed by atoms with Gasteiger partial charge in [0.1, 0.15) is 5.78 Å². The van der Waals surface area contributed by atoms with E-state index in [1.807, 2.05) is 6.92 Å². The van der Waals surface area contributed by atoms with Crippen LogP contribution in [0.4, 0.5) is 0 Å². The minimum atomic E-state index is -0.00153. The number of aromatic nitrogens is 1. The van der Waals surface area contributed by atoms with E-state index in [2.05, 4.69) is 4.98 Å². The van der Waals surface area contributed by atoms with Gasteiger partial charge in [-0.3, -0.25) is 14.6 Å². The molecule has 1 aromatic rings. The van der Waals surface area contributed by atoms with Crippen molar-refractivity contribution in [2.45, 2.75) is 19.8 Å². The predicted octanol–water partition coefficient (Wildman–Crippen LogP) is 1.52. The Hall–Kier alpha value is -1.71. The van der Waals surface area contributed by atoms with Crippen LogP contribution >= 0.6 is 0 Å². The van der Waals surface area contributed by atoms with Crippen LogP contribution in [0, 0.1) is 5.92 Å². The van der Waals surface area contributed by atoms with Crippen LogP contribution in [-0.2, 0) is 4.79 Å². The number of rotatable bonds is 2. The van der Waals surface area contributed by atoms with Crippen molar-refractivity contribution in [1.82, 2.24) is 9.88 Å². The van der Waals surface area contributed by atoms with E-state index < -0.39 is 0 Å². The summed E-state index contributed by atoms with van der Waals surface area (Å²) in [6.07, 6.45) is 4.51. The smallest absolute Gasteiger partial charge is 0.253 e. The van der Waals surface area contributed by atoms with Crippen molar-refractivity contribution in [2.75, 3.05) is 13.1 Å².